The molecule has 3 N–H and O–H groups in total. The topological polar surface area (TPSA) is 140 Å². The van der Waals surface area contributed by atoms with E-state index >= 15 is 0 Å². The zero-order valence-electron chi connectivity index (χ0n) is 21.6. The first-order valence-electron chi connectivity index (χ1n) is 12.9. The standard InChI is InChI=1S/C29H29N5O5/c1-2-33(25-26(30)34(29(38)32-27(25)36)16-18-10-4-3-5-11-18)23(35)17-39-28(37)24-19-12-6-8-14-21(19)31-22-15-9-7-13-20(22)24/h3-6,8,10-12,14H,2,7,9,13,15-17,30H2,1H3,(H,32,36,38). The number of hydrogen-bond donors (Lipinski definition) is 2. The number of fused-ring (bicyclic) bond motifs is 2. The Kier molecular flexibility index (Phi) is 7.27. The molecule has 10 heteroatoms. The van der Waals surface area contributed by atoms with Gasteiger partial charge in [-0.25, -0.2) is 9.59 Å². The summed E-state index contributed by atoms with van der Waals surface area (Å²) in [6.45, 7) is 1.24. The number of ether oxygens (including phenoxy) is 1. The number of likely N-dealkylation sites (N-methyl/N-ethyl adjacent to an activating group) is 1. The molecule has 2 heterocycles. The number of benzene rings is 2. The number of nitrogen functional groups attached to an aromatic ring is 1. The first-order chi connectivity index (χ1) is 18.9. The first-order valence-corrected chi connectivity index (χ1v) is 12.9. The molecule has 0 radical (unpaired) electrons. The number of carbonyl (C=O) groups is 2. The summed E-state index contributed by atoms with van der Waals surface area (Å²) in [5, 5.41) is 0.677. The molecule has 0 fully saturated rings. The third-order valence-corrected chi connectivity index (χ3v) is 6.98. The SMILES string of the molecule is CCN(C(=O)COC(=O)c1c2c(nc3ccccc13)CCCC2)c1c(N)n(Cc2ccccc2)c(=O)[nH]c1=O. The molecular weight excluding hydrogens is 498 g/mol. The number of nitrogens with one attached hydrogen (secondary N) is 1. The van der Waals surface area contributed by atoms with Crippen molar-refractivity contribution in [2.45, 2.75) is 39.2 Å². The van der Waals surface area contributed by atoms with Crippen LogP contribution in [0.5, 0.6) is 0 Å². The van der Waals surface area contributed by atoms with Crippen molar-refractivity contribution in [3.63, 3.8) is 0 Å². The van der Waals surface area contributed by atoms with Gasteiger partial charge in [-0.1, -0.05) is 48.5 Å². The van der Waals surface area contributed by atoms with E-state index in [1.165, 1.54) is 4.57 Å². The molecule has 1 aliphatic carbocycles. The smallest absolute Gasteiger partial charge is 0.339 e. The molecule has 10 nitrogen and oxygen atoms in total. The van der Waals surface area contributed by atoms with E-state index in [0.29, 0.717) is 22.9 Å². The molecule has 2 aromatic carbocycles. The lowest BCUT2D eigenvalue weighted by Crippen LogP contribution is -2.42. The number of nitrogens with zero attached hydrogens (tertiary/aromatic N) is 3. The summed E-state index contributed by atoms with van der Waals surface area (Å²) in [7, 11) is 0. The fourth-order valence-corrected chi connectivity index (χ4v) is 5.10. The number of anilines is 2. The highest BCUT2D eigenvalue weighted by atomic mass is 16.5. The van der Waals surface area contributed by atoms with Crippen LogP contribution in [-0.2, 0) is 28.9 Å². The minimum Gasteiger partial charge on any atom is -0.452 e. The molecule has 0 bridgehead atoms. The molecule has 5 rings (SSSR count). The lowest BCUT2D eigenvalue weighted by atomic mass is 9.90. The maximum atomic E-state index is 13.4. The Labute approximate surface area is 224 Å². The monoisotopic (exact) mass is 527 g/mol. The van der Waals surface area contributed by atoms with E-state index < -0.39 is 29.7 Å². The van der Waals surface area contributed by atoms with E-state index in [1.54, 1.807) is 6.92 Å². The van der Waals surface area contributed by atoms with E-state index in [2.05, 4.69) is 4.98 Å². The number of aryl methyl sites for hydroxylation is 1. The van der Waals surface area contributed by atoms with Gasteiger partial charge in [-0.2, -0.15) is 0 Å². The van der Waals surface area contributed by atoms with Crippen LogP contribution in [0.4, 0.5) is 11.5 Å². The summed E-state index contributed by atoms with van der Waals surface area (Å²) >= 11 is 0. The second kappa shape index (κ2) is 10.9. The Hall–Kier alpha value is -4.73. The average molecular weight is 528 g/mol. The van der Waals surface area contributed by atoms with Crippen LogP contribution >= 0.6 is 0 Å². The Balaban J connectivity index is 1.42. The van der Waals surface area contributed by atoms with Crippen LogP contribution < -0.4 is 21.9 Å². The zero-order valence-corrected chi connectivity index (χ0v) is 21.6. The zero-order chi connectivity index (χ0) is 27.5. The number of H-pyrrole nitrogens is 1. The maximum absolute atomic E-state index is 13.4. The first kappa shape index (κ1) is 25.9. The summed E-state index contributed by atoms with van der Waals surface area (Å²) in [6, 6.07) is 16.5. The number of hydrogen-bond acceptors (Lipinski definition) is 7. The fourth-order valence-electron chi connectivity index (χ4n) is 5.10. The van der Waals surface area contributed by atoms with Crippen molar-refractivity contribution >= 4 is 34.3 Å². The summed E-state index contributed by atoms with van der Waals surface area (Å²) in [6.07, 6.45) is 3.43. The van der Waals surface area contributed by atoms with E-state index in [-0.39, 0.29) is 24.6 Å². The van der Waals surface area contributed by atoms with Crippen molar-refractivity contribution in [1.29, 1.82) is 0 Å². The number of para-hydroxylation sites is 1. The summed E-state index contributed by atoms with van der Waals surface area (Å²) in [5.41, 5.74) is 8.29. The van der Waals surface area contributed by atoms with Gasteiger partial charge in [-0.15, -0.1) is 0 Å². The Morgan fingerprint density at radius 2 is 1.77 bits per heavy atom. The highest BCUT2D eigenvalue weighted by Crippen LogP contribution is 2.30. The highest BCUT2D eigenvalue weighted by molar-refractivity contribution is 6.06. The van der Waals surface area contributed by atoms with Gasteiger partial charge >= 0.3 is 11.7 Å². The highest BCUT2D eigenvalue weighted by Gasteiger charge is 2.27. The van der Waals surface area contributed by atoms with Crippen molar-refractivity contribution in [2.24, 2.45) is 0 Å². The lowest BCUT2D eigenvalue weighted by Gasteiger charge is -2.23. The van der Waals surface area contributed by atoms with Crippen molar-refractivity contribution < 1.29 is 14.3 Å². The number of aromatic nitrogens is 3. The molecule has 1 aliphatic rings. The number of pyridine rings is 1. The van der Waals surface area contributed by atoms with Gasteiger partial charge in [0.1, 0.15) is 5.82 Å². The number of amides is 1. The van der Waals surface area contributed by atoms with Crippen molar-refractivity contribution in [3.05, 3.63) is 97.8 Å². The minimum atomic E-state index is -0.794. The Bertz CT molecular complexity index is 1680. The fraction of sp³-hybridized carbons (Fsp3) is 0.276. The molecule has 39 heavy (non-hydrogen) atoms. The van der Waals surface area contributed by atoms with Gasteiger partial charge in [0.2, 0.25) is 0 Å². The number of aromatic amines is 1. The van der Waals surface area contributed by atoms with Gasteiger partial charge in [0.05, 0.1) is 17.6 Å². The Morgan fingerprint density at radius 1 is 1.05 bits per heavy atom. The number of carbonyl (C=O) groups excluding carboxylic acids is 2. The number of esters is 1. The Morgan fingerprint density at radius 3 is 2.54 bits per heavy atom. The third kappa shape index (κ3) is 5.05. The third-order valence-electron chi connectivity index (χ3n) is 6.98. The van der Waals surface area contributed by atoms with Gasteiger partial charge in [0.25, 0.3) is 11.5 Å². The second-order valence-electron chi connectivity index (χ2n) is 9.42. The van der Waals surface area contributed by atoms with Crippen molar-refractivity contribution in [3.8, 4) is 0 Å². The molecule has 0 saturated carbocycles. The van der Waals surface area contributed by atoms with Crippen LogP contribution in [0, 0.1) is 0 Å². The normalized spacial score (nSPS) is 12.6. The quantitative estimate of drug-likeness (QED) is 0.352. The molecule has 0 unspecified atom stereocenters. The predicted octanol–water partition coefficient (Wildman–Crippen LogP) is 2.80. The number of rotatable bonds is 7. The number of nitrogens with two attached hydrogens (primary N) is 1. The van der Waals surface area contributed by atoms with Gasteiger partial charge in [0, 0.05) is 17.6 Å². The molecule has 0 spiro atoms. The van der Waals surface area contributed by atoms with Gasteiger partial charge in [-0.3, -0.25) is 24.1 Å². The lowest BCUT2D eigenvalue weighted by molar-refractivity contribution is -0.121. The van der Waals surface area contributed by atoms with E-state index in [9.17, 15) is 19.2 Å². The molecular formula is C29H29N5O5. The van der Waals surface area contributed by atoms with Crippen LogP contribution in [0.2, 0.25) is 0 Å². The molecule has 0 atom stereocenters. The van der Waals surface area contributed by atoms with E-state index in [0.717, 1.165) is 41.0 Å². The maximum Gasteiger partial charge on any atom is 0.339 e. The molecule has 4 aromatic rings. The van der Waals surface area contributed by atoms with Gasteiger partial charge in [-0.05, 0) is 49.8 Å². The van der Waals surface area contributed by atoms with Crippen LogP contribution in [-0.4, -0.2) is 39.6 Å². The summed E-state index contributed by atoms with van der Waals surface area (Å²) in [5.74, 6) is -1.41. The van der Waals surface area contributed by atoms with Crippen LogP contribution in [0.3, 0.4) is 0 Å². The van der Waals surface area contributed by atoms with Gasteiger partial charge < -0.3 is 15.4 Å². The second-order valence-corrected chi connectivity index (χ2v) is 9.42. The largest absolute Gasteiger partial charge is 0.452 e. The van der Waals surface area contributed by atoms with E-state index in [4.69, 9.17) is 15.5 Å². The molecule has 0 saturated heterocycles. The molecule has 2 aromatic heterocycles. The average Bonchev–Trinajstić information content (AvgIpc) is 2.95. The summed E-state index contributed by atoms with van der Waals surface area (Å²) < 4.78 is 6.72. The molecule has 0 aliphatic heterocycles. The van der Waals surface area contributed by atoms with Crippen LogP contribution in [0.25, 0.3) is 10.9 Å². The predicted molar refractivity (Wildman–Crippen MR) is 148 cm³/mol. The van der Waals surface area contributed by atoms with Crippen molar-refractivity contribution in [2.75, 3.05) is 23.8 Å². The molecule has 200 valence electrons. The van der Waals surface area contributed by atoms with Crippen LogP contribution in [0.15, 0.2) is 64.2 Å². The summed E-state index contributed by atoms with van der Waals surface area (Å²) in [4.78, 5) is 60.1. The molecule has 1 amide bonds. The van der Waals surface area contributed by atoms with Crippen LogP contribution in [0.1, 0.15) is 46.9 Å². The minimum absolute atomic E-state index is 0.0702. The van der Waals surface area contributed by atoms with Crippen molar-refractivity contribution in [1.82, 2.24) is 14.5 Å². The van der Waals surface area contributed by atoms with E-state index in [1.807, 2.05) is 54.6 Å². The van der Waals surface area contributed by atoms with Gasteiger partial charge in [0.15, 0.2) is 12.3 Å².